The normalized spacial score (nSPS) is 11.8. The molecule has 118 valence electrons. The summed E-state index contributed by atoms with van der Waals surface area (Å²) in [5.41, 5.74) is 0.755. The summed E-state index contributed by atoms with van der Waals surface area (Å²) >= 11 is 0. The molecule has 0 spiro atoms. The van der Waals surface area contributed by atoms with E-state index in [1.165, 1.54) is 25.1 Å². The van der Waals surface area contributed by atoms with E-state index >= 15 is 0 Å². The van der Waals surface area contributed by atoms with Crippen LogP contribution in [0.3, 0.4) is 0 Å². The average Bonchev–Trinajstić information content (AvgIpc) is 2.50. The van der Waals surface area contributed by atoms with Crippen LogP contribution < -0.4 is 0 Å². The molecule has 2 rings (SSSR count). The average molecular weight is 324 g/mol. The molecule has 5 nitrogen and oxygen atoms in total. The topological polar surface area (TPSA) is 70.5 Å². The molecule has 0 fully saturated rings. The number of halogens is 1. The summed E-state index contributed by atoms with van der Waals surface area (Å²) in [6.07, 6.45) is 3.14. The van der Waals surface area contributed by atoms with Gasteiger partial charge in [-0.1, -0.05) is 12.1 Å². The van der Waals surface area contributed by atoms with Crippen LogP contribution in [-0.4, -0.2) is 36.0 Å². The Hall–Kier alpha value is -1.83. The van der Waals surface area contributed by atoms with Crippen molar-refractivity contribution >= 4 is 10.0 Å². The molecule has 0 saturated heterocycles. The molecule has 1 heterocycles. The lowest BCUT2D eigenvalue weighted by atomic mass is 10.2. The zero-order valence-electron chi connectivity index (χ0n) is 12.1. The maximum absolute atomic E-state index is 13.6. The van der Waals surface area contributed by atoms with E-state index in [0.717, 1.165) is 4.31 Å². The lowest BCUT2D eigenvalue weighted by molar-refractivity contribution is 0.251. The van der Waals surface area contributed by atoms with Crippen LogP contribution in [0, 0.1) is 12.7 Å². The first-order chi connectivity index (χ1) is 10.5. The number of aliphatic hydroxyl groups excluding tert-OH is 1. The van der Waals surface area contributed by atoms with Crippen molar-refractivity contribution in [3.8, 4) is 0 Å². The van der Waals surface area contributed by atoms with Gasteiger partial charge in [0.1, 0.15) is 5.82 Å². The predicted octanol–water partition coefficient (Wildman–Crippen LogP) is 1.71. The molecule has 7 heteroatoms. The van der Waals surface area contributed by atoms with Crippen molar-refractivity contribution in [2.24, 2.45) is 0 Å². The highest BCUT2D eigenvalue weighted by atomic mass is 32.2. The molecule has 0 atom stereocenters. The Balaban J connectivity index is 2.40. The first kappa shape index (κ1) is 16.5. The molecule has 1 aromatic carbocycles. The van der Waals surface area contributed by atoms with Crippen LogP contribution in [0.25, 0.3) is 0 Å². The highest BCUT2D eigenvalue weighted by molar-refractivity contribution is 7.89. The summed E-state index contributed by atoms with van der Waals surface area (Å²) in [5, 5.41) is 9.15. The van der Waals surface area contributed by atoms with Crippen molar-refractivity contribution in [3.05, 3.63) is 59.7 Å². The molecule has 0 unspecified atom stereocenters. The summed E-state index contributed by atoms with van der Waals surface area (Å²) in [6, 6.07) is 7.38. The van der Waals surface area contributed by atoms with Crippen LogP contribution in [0.1, 0.15) is 11.1 Å². The summed E-state index contributed by atoms with van der Waals surface area (Å²) in [5.74, 6) is -0.577. The molecular weight excluding hydrogens is 307 g/mol. The summed E-state index contributed by atoms with van der Waals surface area (Å²) in [6.45, 7) is 1.08. The van der Waals surface area contributed by atoms with Crippen LogP contribution >= 0.6 is 0 Å². The Morgan fingerprint density at radius 2 is 2.05 bits per heavy atom. The molecule has 0 aliphatic carbocycles. The molecule has 0 aliphatic rings. The molecule has 1 aromatic heterocycles. The lowest BCUT2D eigenvalue weighted by Crippen LogP contribution is -2.33. The van der Waals surface area contributed by atoms with Gasteiger partial charge in [-0.3, -0.25) is 4.98 Å². The Morgan fingerprint density at radius 1 is 1.27 bits per heavy atom. The number of benzene rings is 1. The number of rotatable bonds is 6. The van der Waals surface area contributed by atoms with E-state index in [9.17, 15) is 12.8 Å². The summed E-state index contributed by atoms with van der Waals surface area (Å²) < 4.78 is 40.2. The molecule has 0 radical (unpaired) electrons. The molecule has 2 aromatic rings. The van der Waals surface area contributed by atoms with Crippen molar-refractivity contribution in [2.75, 3.05) is 13.2 Å². The second-order valence-corrected chi connectivity index (χ2v) is 6.69. The van der Waals surface area contributed by atoms with Gasteiger partial charge in [-0.2, -0.15) is 4.31 Å². The molecule has 0 saturated carbocycles. The van der Waals surface area contributed by atoms with Crippen molar-refractivity contribution in [3.63, 3.8) is 0 Å². The van der Waals surface area contributed by atoms with Crippen molar-refractivity contribution in [1.29, 1.82) is 0 Å². The predicted molar refractivity (Wildman–Crippen MR) is 80.1 cm³/mol. The highest BCUT2D eigenvalue weighted by Crippen LogP contribution is 2.23. The van der Waals surface area contributed by atoms with Gasteiger partial charge in [0.2, 0.25) is 10.0 Å². The molecule has 0 amide bonds. The molecular formula is C15H17FN2O3S. The molecule has 0 aliphatic heterocycles. The van der Waals surface area contributed by atoms with Gasteiger partial charge in [0.05, 0.1) is 11.5 Å². The van der Waals surface area contributed by atoms with E-state index in [-0.39, 0.29) is 30.2 Å². The van der Waals surface area contributed by atoms with E-state index < -0.39 is 15.8 Å². The Morgan fingerprint density at radius 3 is 2.68 bits per heavy atom. The van der Waals surface area contributed by atoms with Crippen LogP contribution in [0.5, 0.6) is 0 Å². The molecule has 1 N–H and O–H groups in total. The van der Waals surface area contributed by atoms with Gasteiger partial charge in [0.25, 0.3) is 0 Å². The maximum Gasteiger partial charge on any atom is 0.243 e. The maximum atomic E-state index is 13.6. The van der Waals surface area contributed by atoms with Gasteiger partial charge in [-0.15, -0.1) is 0 Å². The van der Waals surface area contributed by atoms with Gasteiger partial charge in [-0.25, -0.2) is 12.8 Å². The van der Waals surface area contributed by atoms with Crippen molar-refractivity contribution < 1.29 is 17.9 Å². The fourth-order valence-electron chi connectivity index (χ4n) is 2.10. The van der Waals surface area contributed by atoms with Crippen LogP contribution in [0.15, 0.2) is 47.6 Å². The smallest absolute Gasteiger partial charge is 0.243 e. The highest BCUT2D eigenvalue weighted by Gasteiger charge is 2.26. The Bertz CT molecular complexity index is 736. The third-order valence-corrected chi connectivity index (χ3v) is 5.26. The largest absolute Gasteiger partial charge is 0.395 e. The number of nitrogens with zero attached hydrogens (tertiary/aromatic N) is 2. The van der Waals surface area contributed by atoms with Gasteiger partial charge in [0.15, 0.2) is 0 Å². The molecule has 22 heavy (non-hydrogen) atoms. The van der Waals surface area contributed by atoms with E-state index in [1.807, 2.05) is 0 Å². The Labute approximate surface area is 129 Å². The van der Waals surface area contributed by atoms with Crippen molar-refractivity contribution in [2.45, 2.75) is 18.4 Å². The number of aromatic nitrogens is 1. The monoisotopic (exact) mass is 324 g/mol. The minimum Gasteiger partial charge on any atom is -0.395 e. The van der Waals surface area contributed by atoms with Crippen LogP contribution in [-0.2, 0) is 16.6 Å². The third kappa shape index (κ3) is 3.49. The first-order valence-corrected chi connectivity index (χ1v) is 8.16. The van der Waals surface area contributed by atoms with Crippen LogP contribution in [0.4, 0.5) is 4.39 Å². The van der Waals surface area contributed by atoms with Gasteiger partial charge in [0, 0.05) is 31.0 Å². The van der Waals surface area contributed by atoms with E-state index in [2.05, 4.69) is 4.98 Å². The summed E-state index contributed by atoms with van der Waals surface area (Å²) in [7, 11) is -3.91. The fraction of sp³-hybridized carbons (Fsp3) is 0.267. The minimum absolute atomic E-state index is 0.0622. The second kappa shape index (κ2) is 6.95. The van der Waals surface area contributed by atoms with Gasteiger partial charge in [-0.05, 0) is 30.7 Å². The van der Waals surface area contributed by atoms with Gasteiger partial charge < -0.3 is 5.11 Å². The quantitative estimate of drug-likeness (QED) is 0.878. The number of aliphatic hydroxyl groups is 1. The summed E-state index contributed by atoms with van der Waals surface area (Å²) in [4.78, 5) is 3.85. The van der Waals surface area contributed by atoms with Crippen molar-refractivity contribution in [1.82, 2.24) is 9.29 Å². The second-order valence-electron chi connectivity index (χ2n) is 4.79. The van der Waals surface area contributed by atoms with Crippen LogP contribution in [0.2, 0.25) is 0 Å². The number of pyridine rings is 1. The zero-order valence-corrected chi connectivity index (χ0v) is 12.9. The zero-order chi connectivity index (χ0) is 16.2. The lowest BCUT2D eigenvalue weighted by Gasteiger charge is -2.22. The number of hydrogen-bond acceptors (Lipinski definition) is 4. The van der Waals surface area contributed by atoms with E-state index in [0.29, 0.717) is 5.56 Å². The number of sulfonamides is 1. The molecule has 0 bridgehead atoms. The van der Waals surface area contributed by atoms with E-state index in [1.54, 1.807) is 24.5 Å². The third-order valence-electron chi connectivity index (χ3n) is 3.27. The Kier molecular flexibility index (Phi) is 5.23. The standard InChI is InChI=1S/C15H17FN2O3S/c1-12-14(16)5-2-6-15(12)22(20,21)18(8-9-19)11-13-4-3-7-17-10-13/h2-7,10,19H,8-9,11H2,1H3. The van der Waals surface area contributed by atoms with Gasteiger partial charge >= 0.3 is 0 Å². The number of hydrogen-bond donors (Lipinski definition) is 1. The van der Waals surface area contributed by atoms with E-state index in [4.69, 9.17) is 5.11 Å². The fourth-order valence-corrected chi connectivity index (χ4v) is 3.75. The SMILES string of the molecule is Cc1c(F)cccc1S(=O)(=O)N(CCO)Cc1cccnc1. The minimum atomic E-state index is -3.91. The first-order valence-electron chi connectivity index (χ1n) is 6.72.